The minimum absolute atomic E-state index is 0.00563. The predicted octanol–water partition coefficient (Wildman–Crippen LogP) is 2.35. The maximum absolute atomic E-state index is 12.1. The summed E-state index contributed by atoms with van der Waals surface area (Å²) in [4.78, 5) is 23.3. The first kappa shape index (κ1) is 16.7. The van der Waals surface area contributed by atoms with E-state index in [0.29, 0.717) is 23.4 Å². The van der Waals surface area contributed by atoms with E-state index < -0.39 is 5.63 Å². The topological polar surface area (TPSA) is 88.8 Å². The number of hydrogen-bond donors (Lipinski definition) is 2. The van der Waals surface area contributed by atoms with E-state index in [1.165, 1.54) is 6.07 Å². The van der Waals surface area contributed by atoms with Crippen LogP contribution in [-0.2, 0) is 11.2 Å². The molecule has 25 heavy (non-hydrogen) atoms. The first-order valence-corrected chi connectivity index (χ1v) is 7.81. The van der Waals surface area contributed by atoms with Gasteiger partial charge in [-0.2, -0.15) is 0 Å². The summed E-state index contributed by atoms with van der Waals surface area (Å²) in [7, 11) is 0. The van der Waals surface area contributed by atoms with Crippen molar-refractivity contribution in [2.24, 2.45) is 0 Å². The number of aliphatic hydroxyl groups is 1. The molecule has 3 aromatic rings. The highest BCUT2D eigenvalue weighted by Gasteiger charge is 2.08. The average Bonchev–Trinajstić information content (AvgIpc) is 2.61. The largest absolute Gasteiger partial charge is 0.484 e. The molecule has 0 saturated carbocycles. The molecule has 3 rings (SSSR count). The fraction of sp³-hybridized carbons (Fsp3) is 0.158. The number of benzene rings is 2. The summed E-state index contributed by atoms with van der Waals surface area (Å²) in [6, 6.07) is 15.3. The molecule has 0 aliphatic rings. The van der Waals surface area contributed by atoms with Gasteiger partial charge in [-0.1, -0.05) is 18.2 Å². The summed E-state index contributed by atoms with van der Waals surface area (Å²) in [5, 5.41) is 12.6. The summed E-state index contributed by atoms with van der Waals surface area (Å²) < 4.78 is 10.6. The zero-order chi connectivity index (χ0) is 17.6. The SMILES string of the molecule is O=C(COc1ccc2ccc(=O)oc2c1)Nc1ccccc1CCO. The Labute approximate surface area is 143 Å². The van der Waals surface area contributed by atoms with Gasteiger partial charge in [-0.25, -0.2) is 4.79 Å². The van der Waals surface area contributed by atoms with E-state index in [4.69, 9.17) is 14.3 Å². The van der Waals surface area contributed by atoms with E-state index in [0.717, 1.165) is 10.9 Å². The highest BCUT2D eigenvalue weighted by Crippen LogP contribution is 2.20. The molecule has 128 valence electrons. The van der Waals surface area contributed by atoms with E-state index >= 15 is 0 Å². The Balaban J connectivity index is 1.65. The molecule has 1 amide bonds. The number of carbonyl (C=O) groups excluding carboxylic acids is 1. The van der Waals surface area contributed by atoms with E-state index in [1.807, 2.05) is 18.2 Å². The summed E-state index contributed by atoms with van der Waals surface area (Å²) >= 11 is 0. The molecule has 0 saturated heterocycles. The van der Waals surface area contributed by atoms with Gasteiger partial charge in [0.2, 0.25) is 0 Å². The normalized spacial score (nSPS) is 10.6. The fourth-order valence-electron chi connectivity index (χ4n) is 2.45. The lowest BCUT2D eigenvalue weighted by Gasteiger charge is -2.11. The van der Waals surface area contributed by atoms with E-state index in [2.05, 4.69) is 5.32 Å². The Morgan fingerprint density at radius 2 is 1.92 bits per heavy atom. The summed E-state index contributed by atoms with van der Waals surface area (Å²) in [6.07, 6.45) is 0.459. The summed E-state index contributed by atoms with van der Waals surface area (Å²) in [5.41, 5.74) is 1.46. The maximum atomic E-state index is 12.1. The molecule has 6 nitrogen and oxygen atoms in total. The molecule has 2 N–H and O–H groups in total. The molecule has 0 radical (unpaired) electrons. The van der Waals surface area contributed by atoms with Gasteiger partial charge < -0.3 is 19.6 Å². The zero-order valence-electron chi connectivity index (χ0n) is 13.4. The smallest absolute Gasteiger partial charge is 0.336 e. The van der Waals surface area contributed by atoms with Gasteiger partial charge in [0.15, 0.2) is 6.61 Å². The second-order valence-electron chi connectivity index (χ2n) is 5.42. The number of fused-ring (bicyclic) bond motifs is 1. The van der Waals surface area contributed by atoms with E-state index in [9.17, 15) is 9.59 Å². The summed E-state index contributed by atoms with van der Waals surface area (Å²) in [5.74, 6) is 0.112. The molecule has 0 aliphatic heterocycles. The quantitative estimate of drug-likeness (QED) is 0.673. The van der Waals surface area contributed by atoms with Crippen LogP contribution in [0.15, 0.2) is 63.8 Å². The average molecular weight is 339 g/mol. The number of hydrogen-bond acceptors (Lipinski definition) is 5. The number of anilines is 1. The van der Waals surface area contributed by atoms with Crippen molar-refractivity contribution in [2.75, 3.05) is 18.5 Å². The van der Waals surface area contributed by atoms with Crippen molar-refractivity contribution in [3.8, 4) is 5.75 Å². The number of amides is 1. The van der Waals surface area contributed by atoms with E-state index in [1.54, 1.807) is 30.3 Å². The molecule has 1 aromatic heterocycles. The number of aliphatic hydroxyl groups excluding tert-OH is 1. The molecule has 0 atom stereocenters. The molecular weight excluding hydrogens is 322 g/mol. The van der Waals surface area contributed by atoms with Crippen LogP contribution in [0, 0.1) is 0 Å². The minimum Gasteiger partial charge on any atom is -0.484 e. The standard InChI is InChI=1S/C19H17NO5/c21-10-9-13-3-1-2-4-16(13)20-18(22)12-24-15-7-5-14-6-8-19(23)25-17(14)11-15/h1-8,11,21H,9-10,12H2,(H,20,22). The monoisotopic (exact) mass is 339 g/mol. The first-order valence-electron chi connectivity index (χ1n) is 7.81. The Bertz CT molecular complexity index is 948. The van der Waals surface area contributed by atoms with Crippen LogP contribution in [0.4, 0.5) is 5.69 Å². The third-order valence-corrected chi connectivity index (χ3v) is 3.64. The molecule has 1 heterocycles. The molecule has 2 aromatic carbocycles. The second kappa shape index (κ2) is 7.63. The molecule has 0 aliphatic carbocycles. The molecule has 0 bridgehead atoms. The van der Waals surface area contributed by atoms with Crippen LogP contribution in [0.25, 0.3) is 11.0 Å². The van der Waals surface area contributed by atoms with Crippen molar-refractivity contribution >= 4 is 22.6 Å². The van der Waals surface area contributed by atoms with Crippen molar-refractivity contribution in [2.45, 2.75) is 6.42 Å². The Hall–Kier alpha value is -3.12. The second-order valence-corrected chi connectivity index (χ2v) is 5.42. The Kier molecular flexibility index (Phi) is 5.11. The summed E-state index contributed by atoms with van der Waals surface area (Å²) in [6.45, 7) is -0.179. The van der Waals surface area contributed by atoms with E-state index in [-0.39, 0.29) is 19.1 Å². The van der Waals surface area contributed by atoms with Gasteiger partial charge in [-0.05, 0) is 36.2 Å². The van der Waals surface area contributed by atoms with Crippen LogP contribution in [-0.4, -0.2) is 24.2 Å². The van der Waals surface area contributed by atoms with Crippen molar-refractivity contribution in [3.05, 3.63) is 70.6 Å². The van der Waals surface area contributed by atoms with Gasteiger partial charge >= 0.3 is 5.63 Å². The number of para-hydroxylation sites is 1. The van der Waals surface area contributed by atoms with Gasteiger partial charge in [0, 0.05) is 29.8 Å². The van der Waals surface area contributed by atoms with Gasteiger partial charge in [-0.15, -0.1) is 0 Å². The fourth-order valence-corrected chi connectivity index (χ4v) is 2.45. The minimum atomic E-state index is -0.442. The van der Waals surface area contributed by atoms with Crippen molar-refractivity contribution in [1.82, 2.24) is 0 Å². The van der Waals surface area contributed by atoms with Crippen LogP contribution in [0.3, 0.4) is 0 Å². The van der Waals surface area contributed by atoms with Crippen LogP contribution < -0.4 is 15.7 Å². The van der Waals surface area contributed by atoms with Crippen LogP contribution in [0.5, 0.6) is 5.75 Å². The zero-order valence-corrected chi connectivity index (χ0v) is 13.4. The molecule has 0 unspecified atom stereocenters. The number of ether oxygens (including phenoxy) is 1. The third-order valence-electron chi connectivity index (χ3n) is 3.64. The molecule has 0 spiro atoms. The van der Waals surface area contributed by atoms with Crippen molar-refractivity contribution in [1.29, 1.82) is 0 Å². The highest BCUT2D eigenvalue weighted by atomic mass is 16.5. The van der Waals surface area contributed by atoms with Gasteiger partial charge in [0.1, 0.15) is 11.3 Å². The number of rotatable bonds is 6. The first-order chi connectivity index (χ1) is 12.2. The predicted molar refractivity (Wildman–Crippen MR) is 93.8 cm³/mol. The highest BCUT2D eigenvalue weighted by molar-refractivity contribution is 5.92. The third kappa shape index (κ3) is 4.24. The van der Waals surface area contributed by atoms with Crippen molar-refractivity contribution in [3.63, 3.8) is 0 Å². The van der Waals surface area contributed by atoms with Crippen LogP contribution in [0.2, 0.25) is 0 Å². The van der Waals surface area contributed by atoms with Crippen molar-refractivity contribution < 1.29 is 19.1 Å². The van der Waals surface area contributed by atoms with Crippen LogP contribution in [0.1, 0.15) is 5.56 Å². The number of nitrogens with one attached hydrogen (secondary N) is 1. The molecule has 6 heteroatoms. The van der Waals surface area contributed by atoms with Gasteiger partial charge in [0.05, 0.1) is 0 Å². The Morgan fingerprint density at radius 3 is 2.76 bits per heavy atom. The van der Waals surface area contributed by atoms with Crippen LogP contribution >= 0.6 is 0 Å². The molecular formula is C19H17NO5. The lowest BCUT2D eigenvalue weighted by molar-refractivity contribution is -0.118. The Morgan fingerprint density at radius 1 is 1.12 bits per heavy atom. The van der Waals surface area contributed by atoms with Gasteiger partial charge in [0.25, 0.3) is 5.91 Å². The molecule has 0 fully saturated rings. The van der Waals surface area contributed by atoms with Gasteiger partial charge in [-0.3, -0.25) is 4.79 Å². The lowest BCUT2D eigenvalue weighted by Crippen LogP contribution is -2.21. The number of carbonyl (C=O) groups is 1. The lowest BCUT2D eigenvalue weighted by atomic mass is 10.1. The maximum Gasteiger partial charge on any atom is 0.336 e.